The Morgan fingerprint density at radius 1 is 1.26 bits per heavy atom. The molecule has 0 fully saturated rings. The summed E-state index contributed by atoms with van der Waals surface area (Å²) < 4.78 is 10.3. The lowest BCUT2D eigenvalue weighted by Crippen LogP contribution is -2.33. The van der Waals surface area contributed by atoms with Crippen molar-refractivity contribution in [1.82, 2.24) is 0 Å². The van der Waals surface area contributed by atoms with Crippen LogP contribution >= 0.6 is 0 Å². The zero-order valence-corrected chi connectivity index (χ0v) is 12.3. The number of anilines is 1. The number of methoxy groups -OCH3 is 1. The Kier molecular flexibility index (Phi) is 5.21. The number of nitrogens with one attached hydrogen (secondary N) is 1. The van der Waals surface area contributed by atoms with Gasteiger partial charge >= 0.3 is 5.97 Å². The van der Waals surface area contributed by atoms with Crippen molar-refractivity contribution in [1.29, 1.82) is 0 Å². The summed E-state index contributed by atoms with van der Waals surface area (Å²) in [6, 6.07) is 7.69. The molecule has 0 spiro atoms. The van der Waals surface area contributed by atoms with Gasteiger partial charge in [-0.05, 0) is 52.0 Å². The van der Waals surface area contributed by atoms with Gasteiger partial charge in [0.2, 0.25) is 0 Å². The number of esters is 1. The molecule has 0 heterocycles. The number of rotatable bonds is 6. The van der Waals surface area contributed by atoms with E-state index in [9.17, 15) is 4.79 Å². The summed E-state index contributed by atoms with van der Waals surface area (Å²) in [5, 5.41) is 3.22. The van der Waals surface area contributed by atoms with Gasteiger partial charge < -0.3 is 14.8 Å². The van der Waals surface area contributed by atoms with E-state index in [1.807, 2.05) is 52.0 Å². The number of carbonyl (C=O) groups is 1. The Hall–Kier alpha value is -1.71. The van der Waals surface area contributed by atoms with Crippen LogP contribution in [0.3, 0.4) is 0 Å². The summed E-state index contributed by atoms with van der Waals surface area (Å²) in [5.74, 6) is 0.618. The van der Waals surface area contributed by atoms with Crippen molar-refractivity contribution in [3.8, 4) is 5.75 Å². The standard InChI is InChI=1S/C15H23NO3/c1-11(2)19-13-8-6-12(7-9-13)16-10-15(3,4)14(17)18-5/h6-9,11,16H,10H2,1-5H3. The van der Waals surface area contributed by atoms with Gasteiger partial charge in [-0.3, -0.25) is 4.79 Å². The molecule has 1 aromatic rings. The molecular weight excluding hydrogens is 242 g/mol. The number of benzene rings is 1. The molecule has 0 aromatic heterocycles. The molecule has 4 nitrogen and oxygen atoms in total. The summed E-state index contributed by atoms with van der Waals surface area (Å²) in [5.41, 5.74) is 0.398. The first-order valence-electron chi connectivity index (χ1n) is 6.44. The Morgan fingerprint density at radius 2 is 1.84 bits per heavy atom. The lowest BCUT2D eigenvalue weighted by Gasteiger charge is -2.22. The lowest BCUT2D eigenvalue weighted by atomic mass is 9.93. The second-order valence-electron chi connectivity index (χ2n) is 5.42. The molecule has 0 radical (unpaired) electrons. The van der Waals surface area contributed by atoms with Crippen LogP contribution in [0.2, 0.25) is 0 Å². The molecule has 0 aliphatic carbocycles. The van der Waals surface area contributed by atoms with Crippen LogP contribution in [0.5, 0.6) is 5.75 Å². The van der Waals surface area contributed by atoms with Gasteiger partial charge in [-0.25, -0.2) is 0 Å². The third kappa shape index (κ3) is 4.81. The topological polar surface area (TPSA) is 47.6 Å². The highest BCUT2D eigenvalue weighted by molar-refractivity contribution is 5.76. The van der Waals surface area contributed by atoms with Crippen LogP contribution in [0.1, 0.15) is 27.7 Å². The molecule has 0 atom stereocenters. The van der Waals surface area contributed by atoms with Crippen LogP contribution in [-0.2, 0) is 9.53 Å². The molecule has 0 aliphatic rings. The van der Waals surface area contributed by atoms with Crippen molar-refractivity contribution >= 4 is 11.7 Å². The van der Waals surface area contributed by atoms with Crippen LogP contribution < -0.4 is 10.1 Å². The highest BCUT2D eigenvalue weighted by Crippen LogP contribution is 2.21. The second kappa shape index (κ2) is 6.45. The van der Waals surface area contributed by atoms with Crippen molar-refractivity contribution in [2.75, 3.05) is 19.0 Å². The van der Waals surface area contributed by atoms with E-state index in [0.29, 0.717) is 6.54 Å². The molecule has 0 unspecified atom stereocenters. The van der Waals surface area contributed by atoms with Crippen LogP contribution in [0.4, 0.5) is 5.69 Å². The van der Waals surface area contributed by atoms with E-state index in [1.54, 1.807) is 0 Å². The van der Waals surface area contributed by atoms with Crippen LogP contribution in [-0.4, -0.2) is 25.7 Å². The maximum absolute atomic E-state index is 11.5. The van der Waals surface area contributed by atoms with Gasteiger partial charge in [-0.15, -0.1) is 0 Å². The number of carbonyl (C=O) groups excluding carboxylic acids is 1. The highest BCUT2D eigenvalue weighted by atomic mass is 16.5. The predicted octanol–water partition coefficient (Wildman–Crippen LogP) is 3.08. The Labute approximate surface area is 115 Å². The highest BCUT2D eigenvalue weighted by Gasteiger charge is 2.28. The molecule has 1 aromatic carbocycles. The minimum atomic E-state index is -0.554. The lowest BCUT2D eigenvalue weighted by molar-refractivity contribution is -0.149. The van der Waals surface area contributed by atoms with E-state index in [-0.39, 0.29) is 12.1 Å². The van der Waals surface area contributed by atoms with Crippen LogP contribution in [0, 0.1) is 5.41 Å². The maximum atomic E-state index is 11.5. The summed E-state index contributed by atoms with van der Waals surface area (Å²) >= 11 is 0. The van der Waals surface area contributed by atoms with Gasteiger partial charge in [0.15, 0.2) is 0 Å². The maximum Gasteiger partial charge on any atom is 0.313 e. The summed E-state index contributed by atoms with van der Waals surface area (Å²) in [4.78, 5) is 11.5. The van der Waals surface area contributed by atoms with Gasteiger partial charge in [0.1, 0.15) is 5.75 Å². The van der Waals surface area contributed by atoms with E-state index >= 15 is 0 Å². The first-order chi connectivity index (χ1) is 8.85. The van der Waals surface area contributed by atoms with Crippen molar-refractivity contribution in [3.05, 3.63) is 24.3 Å². The van der Waals surface area contributed by atoms with Crippen molar-refractivity contribution < 1.29 is 14.3 Å². The zero-order chi connectivity index (χ0) is 14.5. The molecule has 106 valence electrons. The van der Waals surface area contributed by atoms with E-state index in [1.165, 1.54) is 7.11 Å². The molecular formula is C15H23NO3. The third-order valence-electron chi connectivity index (χ3n) is 2.70. The molecule has 1 N–H and O–H groups in total. The first-order valence-corrected chi connectivity index (χ1v) is 6.44. The predicted molar refractivity (Wildman–Crippen MR) is 76.5 cm³/mol. The minimum absolute atomic E-state index is 0.164. The van der Waals surface area contributed by atoms with Crippen LogP contribution in [0.15, 0.2) is 24.3 Å². The molecule has 4 heteroatoms. The molecule has 1 rings (SSSR count). The molecule has 0 bridgehead atoms. The zero-order valence-electron chi connectivity index (χ0n) is 12.3. The fourth-order valence-electron chi connectivity index (χ4n) is 1.60. The Bertz CT molecular complexity index is 410. The number of hydrogen-bond acceptors (Lipinski definition) is 4. The molecule has 0 aliphatic heterocycles. The number of hydrogen-bond donors (Lipinski definition) is 1. The van der Waals surface area contributed by atoms with Crippen LogP contribution in [0.25, 0.3) is 0 Å². The quantitative estimate of drug-likeness (QED) is 0.803. The van der Waals surface area contributed by atoms with Crippen molar-refractivity contribution in [3.63, 3.8) is 0 Å². The van der Waals surface area contributed by atoms with E-state index in [4.69, 9.17) is 9.47 Å². The normalized spacial score (nSPS) is 11.3. The summed E-state index contributed by atoms with van der Waals surface area (Å²) in [6.07, 6.45) is 0.164. The Balaban J connectivity index is 2.57. The van der Waals surface area contributed by atoms with Gasteiger partial charge in [0.05, 0.1) is 18.6 Å². The molecule has 19 heavy (non-hydrogen) atoms. The van der Waals surface area contributed by atoms with Gasteiger partial charge in [-0.1, -0.05) is 0 Å². The summed E-state index contributed by atoms with van der Waals surface area (Å²) in [7, 11) is 1.40. The minimum Gasteiger partial charge on any atom is -0.491 e. The van der Waals surface area contributed by atoms with E-state index in [2.05, 4.69) is 5.32 Å². The second-order valence-corrected chi connectivity index (χ2v) is 5.42. The van der Waals surface area contributed by atoms with Gasteiger partial charge in [-0.2, -0.15) is 0 Å². The molecule has 0 amide bonds. The summed E-state index contributed by atoms with van der Waals surface area (Å²) in [6.45, 7) is 8.20. The number of ether oxygens (including phenoxy) is 2. The molecule has 0 saturated heterocycles. The van der Waals surface area contributed by atoms with Gasteiger partial charge in [0, 0.05) is 12.2 Å². The largest absolute Gasteiger partial charge is 0.491 e. The third-order valence-corrected chi connectivity index (χ3v) is 2.70. The fraction of sp³-hybridized carbons (Fsp3) is 0.533. The van der Waals surface area contributed by atoms with E-state index in [0.717, 1.165) is 11.4 Å². The van der Waals surface area contributed by atoms with Gasteiger partial charge in [0.25, 0.3) is 0 Å². The average Bonchev–Trinajstić information content (AvgIpc) is 2.36. The fourth-order valence-corrected chi connectivity index (χ4v) is 1.60. The first kappa shape index (κ1) is 15.3. The molecule has 0 saturated carbocycles. The Morgan fingerprint density at radius 3 is 2.32 bits per heavy atom. The van der Waals surface area contributed by atoms with Crippen molar-refractivity contribution in [2.24, 2.45) is 5.41 Å². The van der Waals surface area contributed by atoms with Crippen molar-refractivity contribution in [2.45, 2.75) is 33.8 Å². The average molecular weight is 265 g/mol. The van der Waals surface area contributed by atoms with E-state index < -0.39 is 5.41 Å². The monoisotopic (exact) mass is 265 g/mol. The smallest absolute Gasteiger partial charge is 0.313 e. The SMILES string of the molecule is COC(=O)C(C)(C)CNc1ccc(OC(C)C)cc1.